The van der Waals surface area contributed by atoms with Gasteiger partial charge in [0.25, 0.3) is 0 Å². The van der Waals surface area contributed by atoms with Gasteiger partial charge in [0.2, 0.25) is 0 Å². The van der Waals surface area contributed by atoms with Crippen LogP contribution in [0.5, 0.6) is 0 Å². The molecule has 2 atom stereocenters. The van der Waals surface area contributed by atoms with E-state index in [1.165, 1.54) is 0 Å². The molecule has 0 aromatic heterocycles. The van der Waals surface area contributed by atoms with E-state index in [9.17, 15) is 14.4 Å². The summed E-state index contributed by atoms with van der Waals surface area (Å²) in [7, 11) is 1.63. The molecule has 0 aliphatic carbocycles. The lowest BCUT2D eigenvalue weighted by Crippen LogP contribution is -2.10. The van der Waals surface area contributed by atoms with E-state index in [1.54, 1.807) is 32.3 Å². The predicted molar refractivity (Wildman–Crippen MR) is 138 cm³/mol. The van der Waals surface area contributed by atoms with Crippen molar-refractivity contribution in [1.82, 2.24) is 0 Å². The van der Waals surface area contributed by atoms with Crippen LogP contribution in [0.25, 0.3) is 0 Å². The number of hydrogen-bond acceptors (Lipinski definition) is 4. The summed E-state index contributed by atoms with van der Waals surface area (Å²) in [6, 6.07) is 0. The van der Waals surface area contributed by atoms with E-state index in [1.807, 2.05) is 38.2 Å². The Morgan fingerprint density at radius 3 is 2.14 bits per heavy atom. The van der Waals surface area contributed by atoms with Crippen LogP contribution in [-0.4, -0.2) is 46.4 Å². The molecule has 0 bridgehead atoms. The van der Waals surface area contributed by atoms with Crippen LogP contribution in [0.3, 0.4) is 0 Å². The number of allylic oxidation sites excluding steroid dienone is 9. The summed E-state index contributed by atoms with van der Waals surface area (Å²) < 4.78 is 5.47. The number of unbranched alkanes of at least 4 members (excludes halogenated alkanes) is 1. The van der Waals surface area contributed by atoms with Crippen LogP contribution >= 0.6 is 0 Å². The maximum atomic E-state index is 10.9. The summed E-state index contributed by atoms with van der Waals surface area (Å²) in [6.07, 6.45) is 22.6. The highest BCUT2D eigenvalue weighted by Crippen LogP contribution is 2.12. The van der Waals surface area contributed by atoms with Crippen molar-refractivity contribution in [2.24, 2.45) is 5.92 Å². The zero-order chi connectivity index (χ0) is 26.6. The smallest absolute Gasteiger partial charge is 0.331 e. The largest absolute Gasteiger partial charge is 0.481 e. The van der Waals surface area contributed by atoms with E-state index in [2.05, 4.69) is 18.2 Å². The van der Waals surface area contributed by atoms with Gasteiger partial charge in [0.1, 0.15) is 0 Å². The summed E-state index contributed by atoms with van der Waals surface area (Å²) in [5, 5.41) is 26.6. The Hall–Kier alpha value is -3.45. The Kier molecular flexibility index (Phi) is 17.1. The van der Waals surface area contributed by atoms with Crippen LogP contribution in [0.2, 0.25) is 0 Å². The van der Waals surface area contributed by atoms with Crippen LogP contribution in [-0.2, 0) is 19.1 Å². The molecule has 0 rings (SSSR count). The highest BCUT2D eigenvalue weighted by Gasteiger charge is 2.07. The molecule has 0 aromatic carbocycles. The molecule has 0 aliphatic rings. The Morgan fingerprint density at radius 2 is 1.54 bits per heavy atom. The minimum absolute atomic E-state index is 0.115. The minimum atomic E-state index is -1.16. The van der Waals surface area contributed by atoms with Crippen molar-refractivity contribution >= 4 is 17.9 Å². The van der Waals surface area contributed by atoms with Crippen molar-refractivity contribution in [3.63, 3.8) is 0 Å². The number of ether oxygens (including phenoxy) is 1. The molecule has 35 heavy (non-hydrogen) atoms. The molecular formula is C28H38O7. The highest BCUT2D eigenvalue weighted by atomic mass is 16.5. The van der Waals surface area contributed by atoms with Gasteiger partial charge in [-0.2, -0.15) is 0 Å². The lowest BCUT2D eigenvalue weighted by atomic mass is 10.0. The second-order valence-electron chi connectivity index (χ2n) is 8.13. The fourth-order valence-electron chi connectivity index (χ4n) is 2.84. The zero-order valence-corrected chi connectivity index (χ0v) is 21.0. The number of carbonyl (C=O) groups is 3. The number of hydrogen-bond donors (Lipinski definition) is 3. The number of carboxylic acids is 3. The van der Waals surface area contributed by atoms with Gasteiger partial charge in [0, 0.05) is 18.8 Å². The number of carboxylic acid groups (broad SMARTS) is 3. The molecule has 7 nitrogen and oxygen atoms in total. The van der Waals surface area contributed by atoms with E-state index >= 15 is 0 Å². The van der Waals surface area contributed by atoms with Gasteiger partial charge in [0.15, 0.2) is 0 Å². The van der Waals surface area contributed by atoms with Gasteiger partial charge in [-0.3, -0.25) is 4.79 Å². The monoisotopic (exact) mass is 486 g/mol. The minimum Gasteiger partial charge on any atom is -0.481 e. The standard InChI is InChI=1S/C28H38O7/c1-21(15-18-24(19-26(29)30)20-27(31)32)13-11-9-7-5-6-8-10-12-14-25(35-4)22(2)16-17-23(3)28(33)34/h6,8-12,15-19,21,25H,5,7,13-14,20H2,1-4H3,(H,29,30)(H,31,32)(H,33,34)/b8-6+,11-9+,12-10+,18-15+,22-16+,23-17-,24-19+/t21-,25+/m0/s1. The van der Waals surface area contributed by atoms with Crippen LogP contribution in [0.15, 0.2) is 83.6 Å². The third-order valence-corrected chi connectivity index (χ3v) is 4.94. The van der Waals surface area contributed by atoms with Crippen molar-refractivity contribution in [3.05, 3.63) is 83.6 Å². The zero-order valence-electron chi connectivity index (χ0n) is 21.0. The van der Waals surface area contributed by atoms with E-state index in [0.717, 1.165) is 30.9 Å². The van der Waals surface area contributed by atoms with E-state index < -0.39 is 17.9 Å². The number of methoxy groups -OCH3 is 1. The van der Waals surface area contributed by atoms with E-state index in [0.29, 0.717) is 6.42 Å². The maximum absolute atomic E-state index is 10.9. The lowest BCUT2D eigenvalue weighted by Gasteiger charge is -2.13. The average molecular weight is 487 g/mol. The third-order valence-electron chi connectivity index (χ3n) is 4.94. The second-order valence-corrected chi connectivity index (χ2v) is 8.13. The topological polar surface area (TPSA) is 121 Å². The van der Waals surface area contributed by atoms with Crippen molar-refractivity contribution in [2.75, 3.05) is 7.11 Å². The molecule has 7 heteroatoms. The van der Waals surface area contributed by atoms with Gasteiger partial charge in [-0.15, -0.1) is 0 Å². The average Bonchev–Trinajstić information content (AvgIpc) is 2.78. The third kappa shape index (κ3) is 17.7. The van der Waals surface area contributed by atoms with Crippen LogP contribution in [0.4, 0.5) is 0 Å². The van der Waals surface area contributed by atoms with Crippen LogP contribution in [0.1, 0.15) is 52.9 Å². The first-order valence-electron chi connectivity index (χ1n) is 11.5. The predicted octanol–water partition coefficient (Wildman–Crippen LogP) is 5.89. The molecule has 0 aliphatic heterocycles. The normalized spacial score (nSPS) is 15.5. The van der Waals surface area contributed by atoms with Crippen molar-refractivity contribution < 1.29 is 34.4 Å². The first-order chi connectivity index (χ1) is 16.6. The molecule has 0 amide bonds. The molecule has 0 heterocycles. The fraction of sp³-hybridized carbons (Fsp3) is 0.393. The maximum Gasteiger partial charge on any atom is 0.331 e. The molecule has 3 N–H and O–H groups in total. The van der Waals surface area contributed by atoms with Crippen molar-refractivity contribution in [2.45, 2.75) is 59.0 Å². The van der Waals surface area contributed by atoms with Gasteiger partial charge in [-0.1, -0.05) is 67.7 Å². The summed E-state index contributed by atoms with van der Waals surface area (Å²) in [6.45, 7) is 5.44. The first kappa shape index (κ1) is 31.6. The molecule has 0 saturated heterocycles. The molecule has 192 valence electrons. The Balaban J connectivity index is 4.41. The molecule has 0 radical (unpaired) electrons. The number of aliphatic carboxylic acids is 3. The van der Waals surface area contributed by atoms with Crippen LogP contribution < -0.4 is 0 Å². The summed E-state index contributed by atoms with van der Waals surface area (Å²) in [4.78, 5) is 32.4. The second kappa shape index (κ2) is 18.9. The van der Waals surface area contributed by atoms with E-state index in [4.69, 9.17) is 20.1 Å². The highest BCUT2D eigenvalue weighted by molar-refractivity contribution is 5.86. The molecule has 0 unspecified atom stereocenters. The van der Waals surface area contributed by atoms with Gasteiger partial charge in [-0.05, 0) is 56.6 Å². The fourth-order valence-corrected chi connectivity index (χ4v) is 2.84. The Morgan fingerprint density at radius 1 is 0.886 bits per heavy atom. The van der Waals surface area contributed by atoms with Crippen LogP contribution in [0, 0.1) is 5.92 Å². The molecule has 0 fully saturated rings. The SMILES string of the molecule is CO[C@H](C/C=C/C=C/CC/C=C/C[C@H](C)/C=C/C(=C\C(=O)O)CC(=O)O)/C(C)=C/C=C(/C)C(=O)O. The van der Waals surface area contributed by atoms with Gasteiger partial charge < -0.3 is 20.1 Å². The number of rotatable bonds is 17. The summed E-state index contributed by atoms with van der Waals surface area (Å²) in [5.74, 6) is -3.01. The lowest BCUT2D eigenvalue weighted by molar-refractivity contribution is -0.136. The van der Waals surface area contributed by atoms with Crippen molar-refractivity contribution in [3.8, 4) is 0 Å². The molecule has 0 spiro atoms. The van der Waals surface area contributed by atoms with Gasteiger partial charge >= 0.3 is 17.9 Å². The summed E-state index contributed by atoms with van der Waals surface area (Å²) >= 11 is 0. The molecule has 0 saturated carbocycles. The Bertz CT molecular complexity index is 898. The molecule has 0 aromatic rings. The Labute approximate surface area is 208 Å². The van der Waals surface area contributed by atoms with Crippen molar-refractivity contribution in [1.29, 1.82) is 0 Å². The molecular weight excluding hydrogens is 448 g/mol. The first-order valence-corrected chi connectivity index (χ1v) is 11.5. The summed E-state index contributed by atoms with van der Waals surface area (Å²) in [5.41, 5.74) is 1.48. The quantitative estimate of drug-likeness (QED) is 0.101. The van der Waals surface area contributed by atoms with E-state index in [-0.39, 0.29) is 29.6 Å². The van der Waals surface area contributed by atoms with Gasteiger partial charge in [0.05, 0.1) is 12.5 Å². The van der Waals surface area contributed by atoms with Gasteiger partial charge in [-0.25, -0.2) is 9.59 Å².